The highest BCUT2D eigenvalue weighted by Gasteiger charge is 2.18. The van der Waals surface area contributed by atoms with Crippen LogP contribution in [0.1, 0.15) is 36.2 Å². The molecule has 0 radical (unpaired) electrons. The average Bonchev–Trinajstić information content (AvgIpc) is 3.23. The summed E-state index contributed by atoms with van der Waals surface area (Å²) in [5, 5.41) is 4.81. The summed E-state index contributed by atoms with van der Waals surface area (Å²) < 4.78 is 6.39. The fourth-order valence-corrected chi connectivity index (χ4v) is 3.61. The Hall–Kier alpha value is -2.30. The lowest BCUT2D eigenvalue weighted by Crippen LogP contribution is -2.23. The Morgan fingerprint density at radius 2 is 2.12 bits per heavy atom. The minimum absolute atomic E-state index is 0. The van der Waals surface area contributed by atoms with Crippen LogP contribution in [-0.2, 0) is 32.9 Å². The Kier molecular flexibility index (Phi) is 4.60. The molecule has 0 unspecified atom stereocenters. The van der Waals surface area contributed by atoms with Crippen LogP contribution in [0.15, 0.2) is 30.9 Å². The Morgan fingerprint density at radius 1 is 1.25 bits per heavy atom. The average molecular weight is 325 g/mol. The second-order valence-electron chi connectivity index (χ2n) is 6.59. The summed E-state index contributed by atoms with van der Waals surface area (Å²) in [6.45, 7) is 1.05. The minimum Gasteiger partial charge on any atom is -0.395 e. The van der Waals surface area contributed by atoms with Crippen molar-refractivity contribution in [3.8, 4) is 0 Å². The number of imidazole rings is 1. The van der Waals surface area contributed by atoms with Crippen LogP contribution in [0.2, 0.25) is 0 Å². The molecule has 0 saturated carbocycles. The standard InChI is InChI=1S/C18H24N5.CH3/c1-21-11-12-22(13-21)10-3-2-6-15-18(19)17-9-8-14-5-4-7-16(14)23(17)20-15;/h8-9,11-13H,2-7,10,19H2,1H3;1H3/q+1;-1. The number of aryl methyl sites for hydroxylation is 5. The summed E-state index contributed by atoms with van der Waals surface area (Å²) in [5.74, 6) is 0. The number of nitrogens with two attached hydrogens (primary N) is 1. The summed E-state index contributed by atoms with van der Waals surface area (Å²) in [7, 11) is 2.05. The molecule has 1 aliphatic carbocycles. The SMILES string of the molecule is C[n+]1ccn(CCCCc2nn3c4c(ccc3c2N)CCC4)c1.[CH3-]. The van der Waals surface area contributed by atoms with E-state index in [1.807, 2.05) is 7.05 Å². The van der Waals surface area contributed by atoms with E-state index in [0.29, 0.717) is 0 Å². The molecule has 0 amide bonds. The number of rotatable bonds is 5. The number of nitrogen functional groups attached to an aromatic ring is 1. The number of aromatic nitrogens is 4. The van der Waals surface area contributed by atoms with Gasteiger partial charge in [0, 0.05) is 5.69 Å². The lowest BCUT2D eigenvalue weighted by atomic mass is 10.1. The first-order valence-corrected chi connectivity index (χ1v) is 8.51. The summed E-state index contributed by atoms with van der Waals surface area (Å²) >= 11 is 0. The third-order valence-corrected chi connectivity index (χ3v) is 4.87. The fraction of sp³-hybridized carbons (Fsp3) is 0.421. The van der Waals surface area contributed by atoms with E-state index in [2.05, 4.69) is 44.5 Å². The second kappa shape index (κ2) is 6.67. The molecule has 0 spiro atoms. The Labute approximate surface area is 143 Å². The maximum Gasteiger partial charge on any atom is 0.243 e. The topological polar surface area (TPSA) is 52.1 Å². The van der Waals surface area contributed by atoms with E-state index in [0.717, 1.165) is 49.1 Å². The van der Waals surface area contributed by atoms with Crippen molar-refractivity contribution in [2.45, 2.75) is 45.1 Å². The maximum atomic E-state index is 6.34. The van der Waals surface area contributed by atoms with Gasteiger partial charge in [-0.1, -0.05) is 6.07 Å². The van der Waals surface area contributed by atoms with Gasteiger partial charge in [-0.25, -0.2) is 13.6 Å². The van der Waals surface area contributed by atoms with E-state index in [4.69, 9.17) is 10.8 Å². The number of unbranched alkanes of at least 4 members (excludes halogenated alkanes) is 1. The van der Waals surface area contributed by atoms with Crippen LogP contribution in [0.25, 0.3) is 5.52 Å². The molecule has 2 N–H and O–H groups in total. The zero-order valence-electron chi connectivity index (χ0n) is 14.7. The van der Waals surface area contributed by atoms with Crippen molar-refractivity contribution in [3.05, 3.63) is 55.2 Å². The van der Waals surface area contributed by atoms with Gasteiger partial charge in [0.15, 0.2) is 0 Å². The molecule has 1 aliphatic rings. The quantitative estimate of drug-likeness (QED) is 0.445. The summed E-state index contributed by atoms with van der Waals surface area (Å²) in [6.07, 6.45) is 13.0. The molecule has 0 bridgehead atoms. The number of fused-ring (bicyclic) bond motifs is 3. The highest BCUT2D eigenvalue weighted by Crippen LogP contribution is 2.27. The van der Waals surface area contributed by atoms with Crippen molar-refractivity contribution in [3.63, 3.8) is 0 Å². The van der Waals surface area contributed by atoms with Gasteiger partial charge in [-0.3, -0.25) is 0 Å². The first kappa shape index (κ1) is 16.6. The van der Waals surface area contributed by atoms with Crippen molar-refractivity contribution in [1.82, 2.24) is 14.2 Å². The normalized spacial score (nSPS) is 13.2. The lowest BCUT2D eigenvalue weighted by Gasteiger charge is -2.02. The molecule has 24 heavy (non-hydrogen) atoms. The van der Waals surface area contributed by atoms with E-state index >= 15 is 0 Å². The van der Waals surface area contributed by atoms with E-state index < -0.39 is 0 Å². The molecule has 0 atom stereocenters. The van der Waals surface area contributed by atoms with Gasteiger partial charge in [0.25, 0.3) is 0 Å². The second-order valence-corrected chi connectivity index (χ2v) is 6.59. The van der Waals surface area contributed by atoms with Crippen molar-refractivity contribution in [2.24, 2.45) is 7.05 Å². The van der Waals surface area contributed by atoms with E-state index in [-0.39, 0.29) is 7.43 Å². The Morgan fingerprint density at radius 3 is 2.92 bits per heavy atom. The van der Waals surface area contributed by atoms with Gasteiger partial charge in [0.1, 0.15) is 12.4 Å². The predicted octanol–water partition coefficient (Wildman–Crippen LogP) is 2.50. The van der Waals surface area contributed by atoms with Crippen LogP contribution in [0.4, 0.5) is 5.69 Å². The number of pyridine rings is 1. The highest BCUT2D eigenvalue weighted by atomic mass is 15.2. The lowest BCUT2D eigenvalue weighted by molar-refractivity contribution is -0.671. The van der Waals surface area contributed by atoms with E-state index in [1.54, 1.807) is 0 Å². The molecule has 0 fully saturated rings. The molecule has 4 rings (SSSR count). The number of nitrogens with zero attached hydrogens (tertiary/aromatic N) is 4. The van der Waals surface area contributed by atoms with Crippen molar-refractivity contribution in [1.29, 1.82) is 0 Å². The fourth-order valence-electron chi connectivity index (χ4n) is 3.61. The van der Waals surface area contributed by atoms with Gasteiger partial charge in [-0.15, -0.1) is 0 Å². The van der Waals surface area contributed by atoms with Gasteiger partial charge < -0.3 is 13.2 Å². The monoisotopic (exact) mass is 325 g/mol. The van der Waals surface area contributed by atoms with Crippen molar-refractivity contribution < 1.29 is 4.57 Å². The number of hydrogen-bond donors (Lipinski definition) is 1. The zero-order valence-corrected chi connectivity index (χ0v) is 14.7. The molecule has 3 aromatic heterocycles. The molecular weight excluding hydrogens is 298 g/mol. The van der Waals surface area contributed by atoms with Crippen LogP contribution >= 0.6 is 0 Å². The Bertz CT molecular complexity index is 843. The molecule has 3 aromatic rings. The maximum absolute atomic E-state index is 6.34. The highest BCUT2D eigenvalue weighted by molar-refractivity contribution is 5.73. The molecular formula is C19H27N5. The van der Waals surface area contributed by atoms with Crippen molar-refractivity contribution in [2.75, 3.05) is 5.73 Å². The molecule has 0 saturated heterocycles. The Balaban J connectivity index is 0.00000169. The summed E-state index contributed by atoms with van der Waals surface area (Å²) in [4.78, 5) is 0. The molecule has 5 nitrogen and oxygen atoms in total. The molecule has 5 heteroatoms. The smallest absolute Gasteiger partial charge is 0.243 e. The molecule has 0 aliphatic heterocycles. The van der Waals surface area contributed by atoms with Gasteiger partial charge in [0.05, 0.1) is 30.5 Å². The number of hydrogen-bond acceptors (Lipinski definition) is 2. The molecule has 0 aromatic carbocycles. The van der Waals surface area contributed by atoms with Crippen LogP contribution in [0.3, 0.4) is 0 Å². The van der Waals surface area contributed by atoms with Crippen LogP contribution in [0, 0.1) is 7.43 Å². The summed E-state index contributed by atoms with van der Waals surface area (Å²) in [5.41, 5.74) is 12.1. The predicted molar refractivity (Wildman–Crippen MR) is 96.6 cm³/mol. The minimum atomic E-state index is 0. The van der Waals surface area contributed by atoms with E-state index in [1.165, 1.54) is 24.1 Å². The summed E-state index contributed by atoms with van der Waals surface area (Å²) in [6, 6.07) is 4.36. The first-order chi connectivity index (χ1) is 11.2. The molecule has 128 valence electrons. The van der Waals surface area contributed by atoms with Gasteiger partial charge in [0.2, 0.25) is 6.33 Å². The largest absolute Gasteiger partial charge is 0.395 e. The van der Waals surface area contributed by atoms with Crippen molar-refractivity contribution >= 4 is 11.2 Å². The van der Waals surface area contributed by atoms with Crippen LogP contribution in [-0.4, -0.2) is 14.2 Å². The van der Waals surface area contributed by atoms with E-state index in [9.17, 15) is 0 Å². The van der Waals surface area contributed by atoms with Crippen LogP contribution < -0.4 is 10.3 Å². The first-order valence-electron chi connectivity index (χ1n) is 8.51. The third-order valence-electron chi connectivity index (χ3n) is 4.87. The van der Waals surface area contributed by atoms with Gasteiger partial charge in [-0.2, -0.15) is 5.10 Å². The van der Waals surface area contributed by atoms with Gasteiger partial charge in [-0.05, 0) is 50.2 Å². The zero-order chi connectivity index (χ0) is 15.8. The number of anilines is 1. The van der Waals surface area contributed by atoms with Gasteiger partial charge >= 0.3 is 0 Å². The van der Waals surface area contributed by atoms with Crippen LogP contribution in [0.5, 0.6) is 0 Å². The third kappa shape index (κ3) is 2.90. The molecule has 3 heterocycles.